The van der Waals surface area contributed by atoms with E-state index in [2.05, 4.69) is 5.32 Å². The van der Waals surface area contributed by atoms with Crippen molar-refractivity contribution in [3.8, 4) is 11.1 Å². The fourth-order valence-electron chi connectivity index (χ4n) is 2.12. The molecule has 2 aromatic rings. The van der Waals surface area contributed by atoms with Gasteiger partial charge in [-0.15, -0.1) is 0 Å². The van der Waals surface area contributed by atoms with Crippen LogP contribution in [-0.4, -0.2) is 11.4 Å². The zero-order valence-corrected chi connectivity index (χ0v) is 12.6. The lowest BCUT2D eigenvalue weighted by Gasteiger charge is -2.21. The number of carbonyl (C=O) groups excluding carboxylic acids is 1. The summed E-state index contributed by atoms with van der Waals surface area (Å²) in [6.45, 7) is 5.06. The fraction of sp³-hybridized carbons (Fsp3) is 0.278. The van der Waals surface area contributed by atoms with Gasteiger partial charge in [-0.25, -0.2) is 4.39 Å². The maximum atomic E-state index is 13.1. The summed E-state index contributed by atoms with van der Waals surface area (Å²) in [6.07, 6.45) is 0. The second-order valence-corrected chi connectivity index (χ2v) is 6.08. The molecule has 21 heavy (non-hydrogen) atoms. The lowest BCUT2D eigenvalue weighted by molar-refractivity contribution is 0.0918. The van der Waals surface area contributed by atoms with E-state index in [0.29, 0.717) is 11.1 Å². The molecule has 2 nitrogen and oxygen atoms in total. The molecule has 2 rings (SSSR count). The normalized spacial score (nSPS) is 11.2. The lowest BCUT2D eigenvalue weighted by Crippen LogP contribution is -2.40. The third-order valence-corrected chi connectivity index (χ3v) is 3.09. The maximum Gasteiger partial charge on any atom is 0.252 e. The first-order valence-electron chi connectivity index (χ1n) is 6.97. The van der Waals surface area contributed by atoms with Gasteiger partial charge in [0.1, 0.15) is 6.67 Å². The van der Waals surface area contributed by atoms with Crippen LogP contribution < -0.4 is 5.32 Å². The van der Waals surface area contributed by atoms with Crippen molar-refractivity contribution in [2.45, 2.75) is 33.0 Å². The highest BCUT2D eigenvalue weighted by atomic mass is 19.1. The lowest BCUT2D eigenvalue weighted by atomic mass is 9.98. The number of hydrogen-bond donors (Lipinski definition) is 1. The molecule has 2 aromatic carbocycles. The molecule has 0 aromatic heterocycles. The Morgan fingerprint density at radius 2 is 1.71 bits per heavy atom. The molecule has 0 aliphatic heterocycles. The molecule has 0 radical (unpaired) electrons. The summed E-state index contributed by atoms with van der Waals surface area (Å²) in [5.41, 5.74) is 2.37. The van der Waals surface area contributed by atoms with Crippen molar-refractivity contribution in [2.75, 3.05) is 0 Å². The number of carbonyl (C=O) groups is 1. The largest absolute Gasteiger partial charge is 0.347 e. The van der Waals surface area contributed by atoms with Gasteiger partial charge in [0.15, 0.2) is 0 Å². The summed E-state index contributed by atoms with van der Waals surface area (Å²) in [4.78, 5) is 12.3. The summed E-state index contributed by atoms with van der Waals surface area (Å²) >= 11 is 0. The van der Waals surface area contributed by atoms with E-state index in [4.69, 9.17) is 0 Å². The minimum absolute atomic E-state index is 0.243. The molecule has 0 saturated carbocycles. The third kappa shape index (κ3) is 3.91. The average molecular weight is 285 g/mol. The highest BCUT2D eigenvalue weighted by Gasteiger charge is 2.18. The Morgan fingerprint density at radius 1 is 1.05 bits per heavy atom. The SMILES string of the molecule is CC(C)(C)NC(=O)c1cc(-c2ccccc2)ccc1CF. The van der Waals surface area contributed by atoms with Crippen LogP contribution in [0.2, 0.25) is 0 Å². The predicted molar refractivity (Wildman–Crippen MR) is 83.9 cm³/mol. The van der Waals surface area contributed by atoms with Crippen LogP contribution in [0.5, 0.6) is 0 Å². The highest BCUT2D eigenvalue weighted by molar-refractivity contribution is 5.97. The maximum absolute atomic E-state index is 13.1. The molecule has 0 aliphatic carbocycles. The van der Waals surface area contributed by atoms with Crippen molar-refractivity contribution >= 4 is 5.91 Å². The van der Waals surface area contributed by atoms with Crippen molar-refractivity contribution in [1.29, 1.82) is 0 Å². The van der Waals surface area contributed by atoms with Crippen LogP contribution in [0, 0.1) is 0 Å². The van der Waals surface area contributed by atoms with Crippen molar-refractivity contribution in [1.82, 2.24) is 5.32 Å². The van der Waals surface area contributed by atoms with E-state index < -0.39 is 6.67 Å². The number of benzene rings is 2. The van der Waals surface area contributed by atoms with Gasteiger partial charge in [0.2, 0.25) is 0 Å². The monoisotopic (exact) mass is 285 g/mol. The Kier molecular flexibility index (Phi) is 4.41. The molecule has 0 unspecified atom stereocenters. The minimum atomic E-state index is -0.651. The second-order valence-electron chi connectivity index (χ2n) is 6.08. The first-order chi connectivity index (χ1) is 9.90. The molecule has 1 amide bonds. The van der Waals surface area contributed by atoms with E-state index in [9.17, 15) is 9.18 Å². The molecule has 0 spiro atoms. The van der Waals surface area contributed by atoms with Crippen LogP contribution >= 0.6 is 0 Å². The molecule has 3 heteroatoms. The predicted octanol–water partition coefficient (Wildman–Crippen LogP) is 4.35. The second kappa shape index (κ2) is 6.08. The summed E-state index contributed by atoms with van der Waals surface area (Å²) in [5, 5.41) is 2.88. The van der Waals surface area contributed by atoms with E-state index in [0.717, 1.165) is 11.1 Å². The smallest absolute Gasteiger partial charge is 0.252 e. The molecule has 1 N–H and O–H groups in total. The summed E-state index contributed by atoms with van der Waals surface area (Å²) < 4.78 is 13.1. The average Bonchev–Trinajstić information content (AvgIpc) is 2.45. The Morgan fingerprint density at radius 3 is 2.29 bits per heavy atom. The van der Waals surface area contributed by atoms with E-state index >= 15 is 0 Å². The number of amides is 1. The van der Waals surface area contributed by atoms with Gasteiger partial charge < -0.3 is 5.32 Å². The molecule has 0 fully saturated rings. The van der Waals surface area contributed by atoms with Crippen molar-refractivity contribution < 1.29 is 9.18 Å². The minimum Gasteiger partial charge on any atom is -0.347 e. The molecule has 0 bridgehead atoms. The number of halogens is 1. The molecule has 0 heterocycles. The van der Waals surface area contributed by atoms with E-state index in [1.807, 2.05) is 57.2 Å². The van der Waals surface area contributed by atoms with Crippen molar-refractivity contribution in [2.24, 2.45) is 0 Å². The molecule has 0 aliphatic rings. The van der Waals surface area contributed by atoms with Crippen LogP contribution in [0.1, 0.15) is 36.7 Å². The molecule has 110 valence electrons. The van der Waals surface area contributed by atoms with Gasteiger partial charge in [0.05, 0.1) is 0 Å². The summed E-state index contributed by atoms with van der Waals surface area (Å²) in [5.74, 6) is -0.243. The first-order valence-corrected chi connectivity index (χ1v) is 6.97. The first kappa shape index (κ1) is 15.2. The quantitative estimate of drug-likeness (QED) is 0.892. The molecular formula is C18H20FNO. The van der Waals surface area contributed by atoms with Gasteiger partial charge in [0.25, 0.3) is 5.91 Å². The van der Waals surface area contributed by atoms with Crippen molar-refractivity contribution in [3.05, 3.63) is 59.7 Å². The van der Waals surface area contributed by atoms with Crippen LogP contribution in [0.15, 0.2) is 48.5 Å². The Hall–Kier alpha value is -2.16. The number of nitrogens with one attached hydrogen (secondary N) is 1. The van der Waals surface area contributed by atoms with Crippen LogP contribution in [0.4, 0.5) is 4.39 Å². The van der Waals surface area contributed by atoms with E-state index in [1.54, 1.807) is 12.1 Å². The topological polar surface area (TPSA) is 29.1 Å². The summed E-state index contributed by atoms with van der Waals surface area (Å²) in [7, 11) is 0. The number of rotatable bonds is 3. The molecule has 0 saturated heterocycles. The van der Waals surface area contributed by atoms with Gasteiger partial charge in [-0.3, -0.25) is 4.79 Å². The summed E-state index contributed by atoms with van der Waals surface area (Å²) in [6, 6.07) is 15.0. The van der Waals surface area contributed by atoms with E-state index in [1.165, 1.54) is 0 Å². The molecular weight excluding hydrogens is 265 g/mol. The standard InChI is InChI=1S/C18H20FNO/c1-18(2,3)20-17(21)16-11-14(9-10-15(16)12-19)13-7-5-4-6-8-13/h4-11H,12H2,1-3H3,(H,20,21). The van der Waals surface area contributed by atoms with Crippen LogP contribution in [-0.2, 0) is 6.67 Å². The zero-order chi connectivity index (χ0) is 15.5. The van der Waals surface area contributed by atoms with Gasteiger partial charge in [-0.2, -0.15) is 0 Å². The molecule has 0 atom stereocenters. The van der Waals surface area contributed by atoms with Gasteiger partial charge >= 0.3 is 0 Å². The van der Waals surface area contributed by atoms with E-state index in [-0.39, 0.29) is 11.4 Å². The van der Waals surface area contributed by atoms with Crippen LogP contribution in [0.3, 0.4) is 0 Å². The van der Waals surface area contributed by atoms with Crippen molar-refractivity contribution in [3.63, 3.8) is 0 Å². The Bertz CT molecular complexity index is 629. The van der Waals surface area contributed by atoms with Gasteiger partial charge in [0, 0.05) is 11.1 Å². The zero-order valence-electron chi connectivity index (χ0n) is 12.6. The Balaban J connectivity index is 2.42. The van der Waals surface area contributed by atoms with Gasteiger partial charge in [-0.05, 0) is 43.5 Å². The number of alkyl halides is 1. The van der Waals surface area contributed by atoms with Crippen LogP contribution in [0.25, 0.3) is 11.1 Å². The highest BCUT2D eigenvalue weighted by Crippen LogP contribution is 2.23. The fourth-order valence-corrected chi connectivity index (χ4v) is 2.12. The number of hydrogen-bond acceptors (Lipinski definition) is 1. The van der Waals surface area contributed by atoms with Gasteiger partial charge in [-0.1, -0.05) is 42.5 Å². The third-order valence-electron chi connectivity index (χ3n) is 3.09. The Labute approximate surface area is 125 Å².